The normalized spacial score (nSPS) is 21.9. The molecule has 110 valence electrons. The topological polar surface area (TPSA) is 40.6 Å². The zero-order valence-corrected chi connectivity index (χ0v) is 12.1. The first-order valence-electron chi connectivity index (χ1n) is 7.51. The van der Waals surface area contributed by atoms with Gasteiger partial charge < -0.3 is 9.80 Å². The molecule has 4 heteroatoms. The first kappa shape index (κ1) is 13.9. The van der Waals surface area contributed by atoms with E-state index < -0.39 is 0 Å². The number of carbonyl (C=O) groups is 2. The fourth-order valence-electron chi connectivity index (χ4n) is 3.03. The summed E-state index contributed by atoms with van der Waals surface area (Å²) in [5, 5.41) is 0. The third kappa shape index (κ3) is 2.71. The van der Waals surface area contributed by atoms with Crippen molar-refractivity contribution in [1.29, 1.82) is 0 Å². The molecule has 1 aromatic carbocycles. The standard InChI is InChI=1S/C17H20N2O2/c1-2-13-11-16(20)19(12-13)15-7-5-14(6-8-15)17(21)18-9-3-4-10-18/h2,5-8,13H,1,3-4,9-12H2. The zero-order valence-electron chi connectivity index (χ0n) is 12.1. The van der Waals surface area contributed by atoms with Gasteiger partial charge in [-0.25, -0.2) is 0 Å². The van der Waals surface area contributed by atoms with Crippen LogP contribution >= 0.6 is 0 Å². The van der Waals surface area contributed by atoms with Crippen molar-refractivity contribution in [3.05, 3.63) is 42.5 Å². The second-order valence-corrected chi connectivity index (χ2v) is 5.75. The summed E-state index contributed by atoms with van der Waals surface area (Å²) in [4.78, 5) is 27.9. The van der Waals surface area contributed by atoms with Crippen LogP contribution in [-0.2, 0) is 4.79 Å². The van der Waals surface area contributed by atoms with Crippen LogP contribution in [0.25, 0.3) is 0 Å². The molecule has 0 aromatic heterocycles. The van der Waals surface area contributed by atoms with Crippen LogP contribution in [0.15, 0.2) is 36.9 Å². The minimum absolute atomic E-state index is 0.0933. The van der Waals surface area contributed by atoms with Crippen LogP contribution in [-0.4, -0.2) is 36.3 Å². The van der Waals surface area contributed by atoms with Gasteiger partial charge in [0.15, 0.2) is 0 Å². The maximum atomic E-state index is 12.3. The number of rotatable bonds is 3. The summed E-state index contributed by atoms with van der Waals surface area (Å²) in [7, 11) is 0. The van der Waals surface area contributed by atoms with Crippen molar-refractivity contribution >= 4 is 17.5 Å². The summed E-state index contributed by atoms with van der Waals surface area (Å²) in [5.74, 6) is 0.442. The van der Waals surface area contributed by atoms with Crippen molar-refractivity contribution in [3.63, 3.8) is 0 Å². The third-order valence-corrected chi connectivity index (χ3v) is 4.31. The van der Waals surface area contributed by atoms with Crippen LogP contribution in [0, 0.1) is 5.92 Å². The van der Waals surface area contributed by atoms with Gasteiger partial charge in [-0.2, -0.15) is 0 Å². The number of nitrogens with zero attached hydrogens (tertiary/aromatic N) is 2. The van der Waals surface area contributed by atoms with E-state index in [4.69, 9.17) is 0 Å². The molecule has 1 unspecified atom stereocenters. The van der Waals surface area contributed by atoms with Crippen LogP contribution in [0.5, 0.6) is 0 Å². The number of carbonyl (C=O) groups excluding carboxylic acids is 2. The van der Waals surface area contributed by atoms with E-state index >= 15 is 0 Å². The highest BCUT2D eigenvalue weighted by atomic mass is 16.2. The Bertz CT molecular complexity index is 559. The average molecular weight is 284 g/mol. The first-order chi connectivity index (χ1) is 10.2. The molecule has 21 heavy (non-hydrogen) atoms. The lowest BCUT2D eigenvalue weighted by molar-refractivity contribution is -0.117. The smallest absolute Gasteiger partial charge is 0.253 e. The van der Waals surface area contributed by atoms with Crippen LogP contribution in [0.1, 0.15) is 29.6 Å². The van der Waals surface area contributed by atoms with Crippen molar-refractivity contribution in [1.82, 2.24) is 4.90 Å². The van der Waals surface area contributed by atoms with E-state index in [1.807, 2.05) is 35.2 Å². The van der Waals surface area contributed by atoms with E-state index in [1.54, 1.807) is 4.90 Å². The molecule has 0 aliphatic carbocycles. The van der Waals surface area contributed by atoms with Crippen molar-refractivity contribution in [2.75, 3.05) is 24.5 Å². The van der Waals surface area contributed by atoms with E-state index in [1.165, 1.54) is 0 Å². The molecule has 4 nitrogen and oxygen atoms in total. The number of hydrogen-bond donors (Lipinski definition) is 0. The molecule has 3 rings (SSSR count). The fraction of sp³-hybridized carbons (Fsp3) is 0.412. The summed E-state index contributed by atoms with van der Waals surface area (Å²) in [6, 6.07) is 7.38. The molecular weight excluding hydrogens is 264 g/mol. The number of likely N-dealkylation sites (tertiary alicyclic amines) is 1. The molecule has 2 aliphatic heterocycles. The average Bonchev–Trinajstić information content (AvgIpc) is 3.16. The Hall–Kier alpha value is -2.10. The Kier molecular flexibility index (Phi) is 3.78. The van der Waals surface area contributed by atoms with E-state index in [0.717, 1.165) is 31.6 Å². The second-order valence-electron chi connectivity index (χ2n) is 5.75. The van der Waals surface area contributed by atoms with Crippen LogP contribution in [0.2, 0.25) is 0 Å². The minimum Gasteiger partial charge on any atom is -0.339 e. The zero-order chi connectivity index (χ0) is 14.8. The first-order valence-corrected chi connectivity index (χ1v) is 7.51. The van der Waals surface area contributed by atoms with E-state index in [0.29, 0.717) is 18.5 Å². The molecular formula is C17H20N2O2. The van der Waals surface area contributed by atoms with Gasteiger partial charge in [-0.1, -0.05) is 6.08 Å². The predicted octanol–water partition coefficient (Wildman–Crippen LogP) is 2.46. The molecule has 0 bridgehead atoms. The Morgan fingerprint density at radius 3 is 2.43 bits per heavy atom. The van der Waals surface area contributed by atoms with Gasteiger partial charge >= 0.3 is 0 Å². The number of hydrogen-bond acceptors (Lipinski definition) is 2. The van der Waals surface area contributed by atoms with Crippen LogP contribution in [0.4, 0.5) is 5.69 Å². The maximum absolute atomic E-state index is 12.3. The van der Waals surface area contributed by atoms with Crippen molar-refractivity contribution < 1.29 is 9.59 Å². The van der Waals surface area contributed by atoms with Gasteiger partial charge in [-0.05, 0) is 37.1 Å². The van der Waals surface area contributed by atoms with Crippen LogP contribution in [0.3, 0.4) is 0 Å². The molecule has 2 fully saturated rings. The largest absolute Gasteiger partial charge is 0.339 e. The lowest BCUT2D eigenvalue weighted by Crippen LogP contribution is -2.28. The highest BCUT2D eigenvalue weighted by Gasteiger charge is 2.28. The highest BCUT2D eigenvalue weighted by Crippen LogP contribution is 2.26. The van der Waals surface area contributed by atoms with E-state index in [9.17, 15) is 9.59 Å². The van der Waals surface area contributed by atoms with Gasteiger partial charge in [0.2, 0.25) is 5.91 Å². The van der Waals surface area contributed by atoms with Gasteiger partial charge in [0.1, 0.15) is 0 Å². The SMILES string of the molecule is C=CC1CC(=O)N(c2ccc(C(=O)N3CCCC3)cc2)C1. The Morgan fingerprint density at radius 1 is 1.19 bits per heavy atom. The molecule has 0 saturated carbocycles. The monoisotopic (exact) mass is 284 g/mol. The summed E-state index contributed by atoms with van der Waals surface area (Å²) in [5.41, 5.74) is 1.56. The van der Waals surface area contributed by atoms with E-state index in [2.05, 4.69) is 6.58 Å². The van der Waals surface area contributed by atoms with Crippen molar-refractivity contribution in [2.24, 2.45) is 5.92 Å². The fourth-order valence-corrected chi connectivity index (χ4v) is 3.03. The lowest BCUT2D eigenvalue weighted by atomic mass is 10.1. The predicted molar refractivity (Wildman–Crippen MR) is 82.2 cm³/mol. The Morgan fingerprint density at radius 2 is 1.86 bits per heavy atom. The highest BCUT2D eigenvalue weighted by molar-refractivity contribution is 5.98. The summed E-state index contributed by atoms with van der Waals surface area (Å²) in [6.07, 6.45) is 4.55. The quantitative estimate of drug-likeness (QED) is 0.800. The molecule has 2 heterocycles. The van der Waals surface area contributed by atoms with Crippen molar-refractivity contribution in [2.45, 2.75) is 19.3 Å². The molecule has 1 atom stereocenters. The van der Waals surface area contributed by atoms with Gasteiger partial charge in [-0.15, -0.1) is 6.58 Å². The van der Waals surface area contributed by atoms with Gasteiger partial charge in [-0.3, -0.25) is 9.59 Å². The summed E-state index contributed by atoms with van der Waals surface area (Å²) >= 11 is 0. The number of anilines is 1. The number of benzene rings is 1. The molecule has 2 aliphatic rings. The third-order valence-electron chi connectivity index (χ3n) is 4.31. The minimum atomic E-state index is 0.0933. The molecule has 2 saturated heterocycles. The molecule has 0 spiro atoms. The van der Waals surface area contributed by atoms with Gasteiger partial charge in [0.25, 0.3) is 5.91 Å². The van der Waals surface area contributed by atoms with Gasteiger partial charge in [0.05, 0.1) is 0 Å². The summed E-state index contributed by atoms with van der Waals surface area (Å²) < 4.78 is 0. The maximum Gasteiger partial charge on any atom is 0.253 e. The van der Waals surface area contributed by atoms with Crippen molar-refractivity contribution in [3.8, 4) is 0 Å². The number of amides is 2. The molecule has 2 amide bonds. The van der Waals surface area contributed by atoms with Gasteiger partial charge in [0, 0.05) is 43.2 Å². The second kappa shape index (κ2) is 5.72. The Labute approximate surface area is 125 Å². The summed E-state index contributed by atoms with van der Waals surface area (Å²) in [6.45, 7) is 6.15. The molecule has 1 aromatic rings. The molecule has 0 N–H and O–H groups in total. The van der Waals surface area contributed by atoms with E-state index in [-0.39, 0.29) is 17.7 Å². The molecule has 0 radical (unpaired) electrons. The lowest BCUT2D eigenvalue weighted by Gasteiger charge is -2.18. The Balaban J connectivity index is 1.73. The van der Waals surface area contributed by atoms with Crippen LogP contribution < -0.4 is 4.90 Å².